The highest BCUT2D eigenvalue weighted by Crippen LogP contribution is 2.50. The zero-order chi connectivity index (χ0) is 32.2. The molecule has 2 aliphatic rings. The maximum Gasteiger partial charge on any atom is 0.694 e. The van der Waals surface area contributed by atoms with E-state index in [1.54, 1.807) is 0 Å². The number of nitrogen functional groups attached to an aromatic ring is 1. The Kier molecular flexibility index (Phi) is 8.36. The lowest BCUT2D eigenvalue weighted by Gasteiger charge is -2.25. The van der Waals surface area contributed by atoms with E-state index in [2.05, 4.69) is 29.4 Å². The van der Waals surface area contributed by atoms with Gasteiger partial charge < -0.3 is 35.4 Å². The quantitative estimate of drug-likeness (QED) is 0.0770. The van der Waals surface area contributed by atoms with Crippen LogP contribution in [0.4, 0.5) is 5.82 Å². The van der Waals surface area contributed by atoms with Crippen LogP contribution in [0, 0.1) is 0 Å². The minimum atomic E-state index is -5.18. The van der Waals surface area contributed by atoms with Crippen LogP contribution < -0.4 is 17.0 Å². The number of hydrogen-bond acceptors (Lipinski definition) is 17. The highest BCUT2D eigenvalue weighted by Gasteiger charge is 2.51. The highest BCUT2D eigenvalue weighted by atomic mass is 31.2. The van der Waals surface area contributed by atoms with Crippen LogP contribution >= 0.6 is 16.1 Å². The molecule has 4 aromatic heterocycles. The van der Waals surface area contributed by atoms with Crippen LogP contribution in [0.2, 0.25) is 0 Å². The smallest absolute Gasteiger partial charge is 0.387 e. The SMILES string of the molecule is Nc1ncnc2c1ncn2[C@@H]1O[C@H](COP(=O)(O)O[C@@H]2[C@H](O)[C@@H](CO[P+](=O)O)O[C@H]2n2cnc3c(=O)[nH]c(=O)[nH]c32)[C@@H](O)[C@H]1O. The van der Waals surface area contributed by atoms with Gasteiger partial charge in [-0.15, -0.1) is 9.42 Å². The number of rotatable bonds is 10. The Balaban J connectivity index is 1.20. The second-order valence-electron chi connectivity index (χ2n) is 9.81. The first-order valence-electron chi connectivity index (χ1n) is 12.8. The van der Waals surface area contributed by atoms with E-state index in [-0.39, 0.29) is 28.1 Å². The van der Waals surface area contributed by atoms with Gasteiger partial charge in [-0.25, -0.2) is 29.3 Å². The number of H-pyrrole nitrogens is 2. The molecule has 2 aliphatic heterocycles. The van der Waals surface area contributed by atoms with E-state index in [0.29, 0.717) is 0 Å². The lowest BCUT2D eigenvalue weighted by atomic mass is 10.1. The van der Waals surface area contributed by atoms with Crippen molar-refractivity contribution in [2.45, 2.75) is 49.1 Å². The number of fused-ring (bicyclic) bond motifs is 2. The molecule has 45 heavy (non-hydrogen) atoms. The number of phosphoric acid groups is 1. The molecular weight excluding hydrogens is 652 g/mol. The molecule has 9 N–H and O–H groups in total. The van der Waals surface area contributed by atoms with Crippen molar-refractivity contribution in [1.29, 1.82) is 0 Å². The van der Waals surface area contributed by atoms with Gasteiger partial charge in [-0.05, 0) is 0 Å². The van der Waals surface area contributed by atoms with Gasteiger partial charge in [0.2, 0.25) is 0 Å². The molecule has 0 spiro atoms. The zero-order valence-electron chi connectivity index (χ0n) is 22.3. The molecule has 2 saturated heterocycles. The molecule has 0 radical (unpaired) electrons. The third kappa shape index (κ3) is 5.92. The minimum absolute atomic E-state index is 0.0576. The zero-order valence-corrected chi connectivity index (χ0v) is 24.1. The average molecular weight is 676 g/mol. The van der Waals surface area contributed by atoms with Crippen LogP contribution in [0.25, 0.3) is 22.3 Å². The van der Waals surface area contributed by atoms with Crippen LogP contribution in [0.15, 0.2) is 28.6 Å². The van der Waals surface area contributed by atoms with E-state index in [4.69, 9.17) is 29.1 Å². The van der Waals surface area contributed by atoms with E-state index >= 15 is 0 Å². The largest absolute Gasteiger partial charge is 0.694 e. The molecule has 0 aliphatic carbocycles. The Bertz CT molecular complexity index is 1910. The number of nitrogens with one attached hydrogen (secondary N) is 2. The predicted molar refractivity (Wildman–Crippen MR) is 143 cm³/mol. The Morgan fingerprint density at radius 1 is 0.956 bits per heavy atom. The number of aromatic nitrogens is 8. The van der Waals surface area contributed by atoms with Crippen LogP contribution in [-0.4, -0.2) is 114 Å². The Morgan fingerprint density at radius 3 is 2.40 bits per heavy atom. The van der Waals surface area contributed by atoms with Crippen LogP contribution in [0.3, 0.4) is 0 Å². The molecule has 2 unspecified atom stereocenters. The van der Waals surface area contributed by atoms with Crippen LogP contribution in [0.1, 0.15) is 12.5 Å². The number of hydrogen-bond donors (Lipinski definition) is 8. The van der Waals surface area contributed by atoms with Gasteiger partial charge in [-0.2, -0.15) is 0 Å². The van der Waals surface area contributed by atoms with Gasteiger partial charge >= 0.3 is 21.8 Å². The number of imidazole rings is 2. The van der Waals surface area contributed by atoms with Crippen LogP contribution in [0.5, 0.6) is 0 Å². The summed E-state index contributed by atoms with van der Waals surface area (Å²) in [5.41, 5.74) is 3.91. The van der Waals surface area contributed by atoms with Crippen LogP contribution in [-0.2, 0) is 32.2 Å². The monoisotopic (exact) mass is 676 g/mol. The fourth-order valence-corrected chi connectivity index (χ4v) is 6.19. The summed E-state index contributed by atoms with van der Waals surface area (Å²) >= 11 is 0. The summed E-state index contributed by atoms with van der Waals surface area (Å²) < 4.78 is 52.7. The van der Waals surface area contributed by atoms with Gasteiger partial charge in [0.15, 0.2) is 29.4 Å². The number of nitrogens with two attached hydrogens (primary N) is 1. The first kappa shape index (κ1) is 31.4. The number of anilines is 1. The molecule has 10 atom stereocenters. The third-order valence-electron chi connectivity index (χ3n) is 7.06. The molecule has 6 rings (SSSR count). The van der Waals surface area contributed by atoms with E-state index in [1.807, 2.05) is 4.98 Å². The van der Waals surface area contributed by atoms with Crippen molar-refractivity contribution in [3.8, 4) is 0 Å². The van der Waals surface area contributed by atoms with E-state index < -0.39 is 89.6 Å². The molecule has 4 aromatic rings. The maximum atomic E-state index is 13.1. The Labute approximate surface area is 248 Å². The molecule has 23 nitrogen and oxygen atoms in total. The summed E-state index contributed by atoms with van der Waals surface area (Å²) in [5.74, 6) is 0.0576. The first-order chi connectivity index (χ1) is 21.3. The highest BCUT2D eigenvalue weighted by molar-refractivity contribution is 7.47. The summed E-state index contributed by atoms with van der Waals surface area (Å²) in [7, 11) is -8.30. The topological polar surface area (TPSA) is 335 Å². The number of ether oxygens (including phenoxy) is 2. The minimum Gasteiger partial charge on any atom is -0.387 e. The molecule has 0 aromatic carbocycles. The van der Waals surface area contributed by atoms with E-state index in [1.165, 1.54) is 10.9 Å². The Morgan fingerprint density at radius 2 is 1.64 bits per heavy atom. The van der Waals surface area contributed by atoms with Gasteiger partial charge in [0, 0.05) is 4.57 Å². The third-order valence-corrected chi connectivity index (χ3v) is 8.41. The van der Waals surface area contributed by atoms with Crippen molar-refractivity contribution in [2.75, 3.05) is 18.9 Å². The maximum absolute atomic E-state index is 13.1. The molecule has 0 bridgehead atoms. The van der Waals surface area contributed by atoms with Crippen molar-refractivity contribution in [2.24, 2.45) is 0 Å². The van der Waals surface area contributed by atoms with Gasteiger partial charge in [0.25, 0.3) is 5.56 Å². The normalized spacial score (nSPS) is 30.3. The predicted octanol–water partition coefficient (Wildman–Crippen LogP) is -3.12. The van der Waals surface area contributed by atoms with Crippen molar-refractivity contribution < 1.29 is 57.3 Å². The van der Waals surface area contributed by atoms with Gasteiger partial charge in [-0.1, -0.05) is 0 Å². The number of nitrogens with zero attached hydrogens (tertiary/aromatic N) is 6. The molecule has 242 valence electrons. The van der Waals surface area contributed by atoms with E-state index in [9.17, 15) is 38.9 Å². The molecule has 0 saturated carbocycles. The average Bonchev–Trinajstić information content (AvgIpc) is 3.73. The Hall–Kier alpha value is -3.57. The molecule has 25 heteroatoms. The summed E-state index contributed by atoms with van der Waals surface area (Å²) in [5, 5.41) is 32.1. The van der Waals surface area contributed by atoms with Crippen molar-refractivity contribution in [3.63, 3.8) is 0 Å². The lowest BCUT2D eigenvalue weighted by molar-refractivity contribution is -0.0609. The fraction of sp³-hybridized carbons (Fsp3) is 0.500. The van der Waals surface area contributed by atoms with Crippen molar-refractivity contribution in [3.05, 3.63) is 39.8 Å². The second-order valence-corrected chi connectivity index (χ2v) is 12.0. The number of aliphatic hydroxyl groups excluding tert-OH is 3. The number of phosphoric ester groups is 1. The summed E-state index contributed by atoms with van der Waals surface area (Å²) in [6.45, 7) is -1.49. The number of aliphatic hydroxyl groups is 3. The van der Waals surface area contributed by atoms with Gasteiger partial charge in [-0.3, -0.25) is 32.9 Å². The summed E-state index contributed by atoms with van der Waals surface area (Å²) in [6, 6.07) is 0. The van der Waals surface area contributed by atoms with Crippen molar-refractivity contribution in [1.82, 2.24) is 39.0 Å². The molecule has 0 amide bonds. The summed E-state index contributed by atoms with van der Waals surface area (Å²) in [4.78, 5) is 63.8. The second kappa shape index (κ2) is 12.0. The molecular formula is C20H24N9O14P2+. The van der Waals surface area contributed by atoms with Gasteiger partial charge in [0.1, 0.15) is 60.7 Å². The lowest BCUT2D eigenvalue weighted by Crippen LogP contribution is -2.36. The standard InChI is InChI=1S/C20H23N9O14P2/c21-14-8-15(23-3-22-14)28(4-24-8)18-12(32)10(30)7(41-18)2-40-45(37,38)43-13-11(31)6(1-39-44(35)36)42-19(13)29-5-25-9-16(29)26-20(34)27-17(9)33/h3-7,10-13,18-19,30-32H,1-2H2,(H5-,21,22,23,26,27,33,34,35,36,37,38)/p+1/t6-,7-,10-,11-,12-,13-,18-,19-/m1/s1. The van der Waals surface area contributed by atoms with E-state index in [0.717, 1.165) is 17.2 Å². The van der Waals surface area contributed by atoms with Crippen molar-refractivity contribution >= 4 is 44.2 Å². The molecule has 6 heterocycles. The molecule has 2 fully saturated rings. The first-order valence-corrected chi connectivity index (χ1v) is 15.4. The number of aromatic amines is 2. The van der Waals surface area contributed by atoms with Gasteiger partial charge in [0.05, 0.1) is 19.3 Å². The summed E-state index contributed by atoms with van der Waals surface area (Å²) in [6.07, 6.45) is -9.01. The fourth-order valence-electron chi connectivity index (χ4n) is 4.98.